The van der Waals surface area contributed by atoms with E-state index < -0.39 is 11.8 Å². The van der Waals surface area contributed by atoms with Crippen molar-refractivity contribution in [2.24, 2.45) is 4.99 Å². The normalized spacial score (nSPS) is 13.8. The predicted molar refractivity (Wildman–Crippen MR) is 77.1 cm³/mol. The van der Waals surface area contributed by atoms with Gasteiger partial charge >= 0.3 is 11.8 Å². The second kappa shape index (κ2) is 5.75. The van der Waals surface area contributed by atoms with Crippen LogP contribution >= 0.6 is 11.8 Å². The van der Waals surface area contributed by atoms with Crippen molar-refractivity contribution in [1.82, 2.24) is 5.32 Å². The van der Waals surface area contributed by atoms with Gasteiger partial charge < -0.3 is 11.1 Å². The Labute approximate surface area is 114 Å². The van der Waals surface area contributed by atoms with Crippen molar-refractivity contribution < 1.29 is 9.59 Å². The summed E-state index contributed by atoms with van der Waals surface area (Å²) >= 11 is 1.41. The molecule has 1 aromatic carbocycles. The molecule has 0 aromatic heterocycles. The highest BCUT2D eigenvalue weighted by Gasteiger charge is 2.18. The number of aliphatic imine (C=N–C) groups is 1. The van der Waals surface area contributed by atoms with E-state index in [0.717, 1.165) is 11.3 Å². The van der Waals surface area contributed by atoms with Crippen molar-refractivity contribution in [1.29, 1.82) is 0 Å². The monoisotopic (exact) mass is 278 g/mol. The molecule has 0 saturated carbocycles. The van der Waals surface area contributed by atoms with Crippen LogP contribution in [0.15, 0.2) is 23.2 Å². The number of benzene rings is 1. The third-order valence-corrected chi connectivity index (χ3v) is 3.36. The maximum atomic E-state index is 11.7. The van der Waals surface area contributed by atoms with Crippen molar-refractivity contribution in [3.05, 3.63) is 23.8 Å². The van der Waals surface area contributed by atoms with Gasteiger partial charge in [0.2, 0.25) is 0 Å². The van der Waals surface area contributed by atoms with Crippen molar-refractivity contribution in [3.63, 3.8) is 0 Å². The van der Waals surface area contributed by atoms with Gasteiger partial charge in [-0.05, 0) is 24.6 Å². The van der Waals surface area contributed by atoms with E-state index in [0.29, 0.717) is 23.1 Å². The lowest BCUT2D eigenvalue weighted by atomic mass is 10.2. The van der Waals surface area contributed by atoms with Gasteiger partial charge in [-0.3, -0.25) is 19.9 Å². The summed E-state index contributed by atoms with van der Waals surface area (Å²) in [5.74, 6) is -0.677. The number of carbonyl (C=O) groups excluding carboxylic acids is 2. The summed E-state index contributed by atoms with van der Waals surface area (Å²) in [6, 6.07) is 5.22. The number of anilines is 2. The molecule has 0 radical (unpaired) electrons. The zero-order chi connectivity index (χ0) is 13.8. The fourth-order valence-corrected chi connectivity index (χ4v) is 2.25. The number of hydrogen-bond acceptors (Lipinski definition) is 5. The molecule has 2 rings (SSSR count). The summed E-state index contributed by atoms with van der Waals surface area (Å²) < 4.78 is 0. The Balaban J connectivity index is 2.00. The molecule has 0 bridgehead atoms. The number of nitrogens with zero attached hydrogens (tertiary/aromatic N) is 1. The Hall–Kier alpha value is -2.02. The summed E-state index contributed by atoms with van der Waals surface area (Å²) in [4.78, 5) is 27.4. The van der Waals surface area contributed by atoms with Crippen LogP contribution in [0.3, 0.4) is 0 Å². The molecular formula is C12H14N4O2S. The van der Waals surface area contributed by atoms with Crippen LogP contribution in [0.4, 0.5) is 11.4 Å². The van der Waals surface area contributed by atoms with E-state index in [4.69, 9.17) is 5.73 Å². The minimum absolute atomic E-state index is 0.416. The Kier molecular flexibility index (Phi) is 4.06. The maximum Gasteiger partial charge on any atom is 0.315 e. The highest BCUT2D eigenvalue weighted by Crippen LogP contribution is 2.19. The molecular weight excluding hydrogens is 264 g/mol. The third-order valence-electron chi connectivity index (χ3n) is 2.47. The summed E-state index contributed by atoms with van der Waals surface area (Å²) in [6.07, 6.45) is 0. The van der Waals surface area contributed by atoms with Crippen LogP contribution in [0.5, 0.6) is 0 Å². The minimum atomic E-state index is -0.757. The Morgan fingerprint density at radius 2 is 2.05 bits per heavy atom. The number of thioether (sulfide) groups is 1. The van der Waals surface area contributed by atoms with Gasteiger partial charge in [0, 0.05) is 5.75 Å². The molecule has 1 aliphatic rings. The first-order chi connectivity index (χ1) is 9.06. The molecule has 19 heavy (non-hydrogen) atoms. The van der Waals surface area contributed by atoms with Gasteiger partial charge in [-0.1, -0.05) is 17.8 Å². The molecule has 0 spiro atoms. The summed E-state index contributed by atoms with van der Waals surface area (Å²) in [6.45, 7) is 2.53. The average molecular weight is 278 g/mol. The van der Waals surface area contributed by atoms with Crippen molar-refractivity contribution in [2.75, 3.05) is 23.3 Å². The van der Waals surface area contributed by atoms with Crippen LogP contribution < -0.4 is 16.4 Å². The average Bonchev–Trinajstić information content (AvgIpc) is 2.86. The van der Waals surface area contributed by atoms with E-state index in [2.05, 4.69) is 15.6 Å². The molecule has 0 saturated heterocycles. The standard InChI is InChI=1S/C12H14N4O2S/c1-7-2-3-8(13)9(6-7)15-10(17)11(18)16-12-14-4-5-19-12/h2-3,6H,4-5,13H2,1H3,(H,15,17)(H,14,16,18). The molecule has 1 aliphatic heterocycles. The van der Waals surface area contributed by atoms with E-state index >= 15 is 0 Å². The first kappa shape index (κ1) is 13.4. The number of amidine groups is 1. The van der Waals surface area contributed by atoms with E-state index in [1.807, 2.05) is 13.0 Å². The lowest BCUT2D eigenvalue weighted by molar-refractivity contribution is -0.135. The molecule has 0 unspecified atom stereocenters. The highest BCUT2D eigenvalue weighted by molar-refractivity contribution is 8.14. The van der Waals surface area contributed by atoms with Gasteiger partial charge in [-0.25, -0.2) is 0 Å². The van der Waals surface area contributed by atoms with Gasteiger partial charge in [0.15, 0.2) is 5.17 Å². The molecule has 0 fully saturated rings. The van der Waals surface area contributed by atoms with Crippen LogP contribution in [0.25, 0.3) is 0 Å². The molecule has 1 heterocycles. The lowest BCUT2D eigenvalue weighted by Gasteiger charge is -2.09. The SMILES string of the molecule is Cc1ccc(N)c(NC(=O)C(=O)NC2=NCCS2)c1. The van der Waals surface area contributed by atoms with Crippen molar-refractivity contribution in [2.45, 2.75) is 6.92 Å². The Bertz CT molecular complexity index is 557. The van der Waals surface area contributed by atoms with Crippen LogP contribution in [0.2, 0.25) is 0 Å². The minimum Gasteiger partial charge on any atom is -0.397 e. The largest absolute Gasteiger partial charge is 0.397 e. The zero-order valence-electron chi connectivity index (χ0n) is 10.4. The molecule has 1 aromatic rings. The zero-order valence-corrected chi connectivity index (χ0v) is 11.2. The Morgan fingerprint density at radius 1 is 1.32 bits per heavy atom. The number of nitrogens with one attached hydrogen (secondary N) is 2. The number of aryl methyl sites for hydroxylation is 1. The number of carbonyl (C=O) groups is 2. The number of amides is 2. The van der Waals surface area contributed by atoms with Gasteiger partial charge in [0.05, 0.1) is 17.9 Å². The predicted octanol–water partition coefficient (Wildman–Crippen LogP) is 0.735. The summed E-state index contributed by atoms with van der Waals surface area (Å²) in [5, 5.41) is 5.42. The maximum absolute atomic E-state index is 11.7. The molecule has 0 atom stereocenters. The van der Waals surface area contributed by atoms with Crippen molar-refractivity contribution in [3.8, 4) is 0 Å². The second-order valence-electron chi connectivity index (χ2n) is 4.03. The van der Waals surface area contributed by atoms with Crippen molar-refractivity contribution >= 4 is 40.1 Å². The van der Waals surface area contributed by atoms with Gasteiger partial charge in [0.1, 0.15) is 0 Å². The van der Waals surface area contributed by atoms with Crippen LogP contribution in [-0.4, -0.2) is 29.3 Å². The summed E-state index contributed by atoms with van der Waals surface area (Å²) in [5.41, 5.74) is 7.52. The van der Waals surface area contributed by atoms with Gasteiger partial charge in [0.25, 0.3) is 0 Å². The van der Waals surface area contributed by atoms with E-state index in [-0.39, 0.29) is 0 Å². The van der Waals surface area contributed by atoms with Gasteiger partial charge in [-0.15, -0.1) is 0 Å². The topological polar surface area (TPSA) is 96.6 Å². The van der Waals surface area contributed by atoms with Gasteiger partial charge in [-0.2, -0.15) is 0 Å². The fourth-order valence-electron chi connectivity index (χ4n) is 1.52. The molecule has 2 amide bonds. The smallest absolute Gasteiger partial charge is 0.315 e. The van der Waals surface area contributed by atoms with Crippen LogP contribution in [-0.2, 0) is 9.59 Å². The molecule has 100 valence electrons. The quantitative estimate of drug-likeness (QED) is 0.521. The number of nitrogen functional groups attached to an aromatic ring is 1. The van der Waals surface area contributed by atoms with E-state index in [9.17, 15) is 9.59 Å². The molecule has 7 heteroatoms. The van der Waals surface area contributed by atoms with E-state index in [1.165, 1.54) is 11.8 Å². The second-order valence-corrected chi connectivity index (χ2v) is 5.12. The number of rotatable bonds is 1. The highest BCUT2D eigenvalue weighted by atomic mass is 32.2. The van der Waals surface area contributed by atoms with Crippen LogP contribution in [0, 0.1) is 6.92 Å². The molecule has 0 aliphatic carbocycles. The van der Waals surface area contributed by atoms with E-state index in [1.54, 1.807) is 12.1 Å². The fraction of sp³-hybridized carbons (Fsp3) is 0.250. The first-order valence-electron chi connectivity index (χ1n) is 5.72. The Morgan fingerprint density at radius 3 is 2.74 bits per heavy atom. The molecule has 4 N–H and O–H groups in total. The van der Waals surface area contributed by atoms with Crippen LogP contribution in [0.1, 0.15) is 5.56 Å². The molecule has 6 nitrogen and oxygen atoms in total. The lowest BCUT2D eigenvalue weighted by Crippen LogP contribution is -2.37. The summed E-state index contributed by atoms with van der Waals surface area (Å²) in [7, 11) is 0. The number of nitrogens with two attached hydrogens (primary N) is 1. The number of hydrogen-bond donors (Lipinski definition) is 3. The third kappa shape index (κ3) is 3.47. The first-order valence-corrected chi connectivity index (χ1v) is 6.70.